The van der Waals surface area contributed by atoms with Crippen molar-refractivity contribution < 1.29 is 28.3 Å². The van der Waals surface area contributed by atoms with Crippen molar-refractivity contribution in [2.75, 3.05) is 13.7 Å². The summed E-state index contributed by atoms with van der Waals surface area (Å²) < 4.78 is 19.9. The Morgan fingerprint density at radius 1 is 1.17 bits per heavy atom. The SMILES string of the molecule is COC(=O)COC(=O)c1ccc(OCc2c(C)noc2C)cc1. The maximum atomic E-state index is 11.7. The van der Waals surface area contributed by atoms with Crippen LogP contribution in [0.2, 0.25) is 0 Å². The molecular formula is C16H17NO6. The molecule has 0 spiro atoms. The van der Waals surface area contributed by atoms with Gasteiger partial charge in [0.2, 0.25) is 0 Å². The molecule has 0 amide bonds. The van der Waals surface area contributed by atoms with Crippen LogP contribution in [0.5, 0.6) is 5.75 Å². The molecular weight excluding hydrogens is 302 g/mol. The van der Waals surface area contributed by atoms with Gasteiger partial charge in [0.25, 0.3) is 0 Å². The number of esters is 2. The van der Waals surface area contributed by atoms with Crippen LogP contribution in [0.4, 0.5) is 0 Å². The second kappa shape index (κ2) is 7.44. The largest absolute Gasteiger partial charge is 0.489 e. The summed E-state index contributed by atoms with van der Waals surface area (Å²) in [4.78, 5) is 22.6. The predicted octanol–water partition coefficient (Wildman–Crippen LogP) is 2.20. The fourth-order valence-electron chi connectivity index (χ4n) is 1.82. The van der Waals surface area contributed by atoms with Crippen molar-refractivity contribution in [3.8, 4) is 5.75 Å². The van der Waals surface area contributed by atoms with E-state index in [-0.39, 0.29) is 0 Å². The van der Waals surface area contributed by atoms with Gasteiger partial charge in [-0.1, -0.05) is 5.16 Å². The molecule has 122 valence electrons. The average molecular weight is 319 g/mol. The van der Waals surface area contributed by atoms with E-state index in [0.29, 0.717) is 23.7 Å². The monoisotopic (exact) mass is 319 g/mol. The summed E-state index contributed by atoms with van der Waals surface area (Å²) in [7, 11) is 1.22. The molecule has 0 saturated carbocycles. The van der Waals surface area contributed by atoms with Gasteiger partial charge >= 0.3 is 11.9 Å². The van der Waals surface area contributed by atoms with Crippen LogP contribution in [0.3, 0.4) is 0 Å². The van der Waals surface area contributed by atoms with E-state index in [4.69, 9.17) is 14.0 Å². The third-order valence-corrected chi connectivity index (χ3v) is 3.20. The third kappa shape index (κ3) is 4.32. The van der Waals surface area contributed by atoms with Gasteiger partial charge in [-0.3, -0.25) is 0 Å². The molecule has 0 atom stereocenters. The number of ether oxygens (including phenoxy) is 3. The Morgan fingerprint density at radius 2 is 1.87 bits per heavy atom. The van der Waals surface area contributed by atoms with Crippen LogP contribution in [0.15, 0.2) is 28.8 Å². The van der Waals surface area contributed by atoms with Crippen molar-refractivity contribution in [1.29, 1.82) is 0 Å². The van der Waals surface area contributed by atoms with Crippen molar-refractivity contribution in [2.24, 2.45) is 0 Å². The van der Waals surface area contributed by atoms with E-state index in [0.717, 1.165) is 11.3 Å². The number of carbonyl (C=O) groups is 2. The average Bonchev–Trinajstić information content (AvgIpc) is 2.89. The lowest BCUT2D eigenvalue weighted by atomic mass is 10.2. The maximum Gasteiger partial charge on any atom is 0.344 e. The lowest BCUT2D eigenvalue weighted by Gasteiger charge is -2.07. The van der Waals surface area contributed by atoms with Crippen LogP contribution < -0.4 is 4.74 Å². The Kier molecular flexibility index (Phi) is 5.35. The molecule has 0 radical (unpaired) electrons. The molecule has 0 fully saturated rings. The highest BCUT2D eigenvalue weighted by molar-refractivity contribution is 5.90. The fraction of sp³-hybridized carbons (Fsp3) is 0.312. The normalized spacial score (nSPS) is 10.2. The lowest BCUT2D eigenvalue weighted by Crippen LogP contribution is -2.15. The smallest absolute Gasteiger partial charge is 0.344 e. The Labute approximate surface area is 133 Å². The molecule has 23 heavy (non-hydrogen) atoms. The van der Waals surface area contributed by atoms with Crippen LogP contribution in [-0.2, 0) is 20.9 Å². The van der Waals surface area contributed by atoms with E-state index < -0.39 is 18.5 Å². The topological polar surface area (TPSA) is 87.9 Å². The highest BCUT2D eigenvalue weighted by Gasteiger charge is 2.12. The molecule has 0 unspecified atom stereocenters. The highest BCUT2D eigenvalue weighted by atomic mass is 16.6. The van der Waals surface area contributed by atoms with E-state index in [1.54, 1.807) is 24.3 Å². The molecule has 1 aromatic carbocycles. The van der Waals surface area contributed by atoms with Gasteiger partial charge in [0.15, 0.2) is 6.61 Å². The zero-order valence-electron chi connectivity index (χ0n) is 13.1. The number of nitrogens with zero attached hydrogens (tertiary/aromatic N) is 1. The summed E-state index contributed by atoms with van der Waals surface area (Å²) in [6.07, 6.45) is 0. The number of methoxy groups -OCH3 is 1. The third-order valence-electron chi connectivity index (χ3n) is 3.20. The van der Waals surface area contributed by atoms with E-state index in [2.05, 4.69) is 9.89 Å². The number of aryl methyl sites for hydroxylation is 2. The molecule has 0 aliphatic rings. The minimum atomic E-state index is -0.613. The first-order valence-electron chi connectivity index (χ1n) is 6.89. The van der Waals surface area contributed by atoms with Crippen LogP contribution in [0, 0.1) is 13.8 Å². The molecule has 1 heterocycles. The number of benzene rings is 1. The molecule has 0 saturated heterocycles. The molecule has 1 aromatic heterocycles. The Bertz CT molecular complexity index is 670. The van der Waals surface area contributed by atoms with Gasteiger partial charge in [0, 0.05) is 0 Å². The first kappa shape index (κ1) is 16.5. The molecule has 0 N–H and O–H groups in total. The van der Waals surface area contributed by atoms with Gasteiger partial charge in [-0.2, -0.15) is 0 Å². The summed E-state index contributed by atoms with van der Waals surface area (Å²) in [5, 5.41) is 3.85. The summed E-state index contributed by atoms with van der Waals surface area (Å²) in [5.74, 6) is 0.0884. The van der Waals surface area contributed by atoms with Crippen molar-refractivity contribution >= 4 is 11.9 Å². The van der Waals surface area contributed by atoms with Crippen molar-refractivity contribution in [3.63, 3.8) is 0 Å². The van der Waals surface area contributed by atoms with Crippen molar-refractivity contribution in [2.45, 2.75) is 20.5 Å². The van der Waals surface area contributed by atoms with Gasteiger partial charge in [0.1, 0.15) is 18.1 Å². The standard InChI is InChI=1S/C16H17NO6/c1-10-14(11(2)23-17-10)8-21-13-6-4-12(5-7-13)16(19)22-9-15(18)20-3/h4-7H,8-9H2,1-3H3. The van der Waals surface area contributed by atoms with Crippen LogP contribution in [0.1, 0.15) is 27.4 Å². The zero-order valence-corrected chi connectivity index (χ0v) is 13.1. The Morgan fingerprint density at radius 3 is 2.43 bits per heavy atom. The van der Waals surface area contributed by atoms with Crippen LogP contribution >= 0.6 is 0 Å². The summed E-state index contributed by atoms with van der Waals surface area (Å²) in [6, 6.07) is 6.41. The van der Waals surface area contributed by atoms with Crippen molar-refractivity contribution in [1.82, 2.24) is 5.16 Å². The highest BCUT2D eigenvalue weighted by Crippen LogP contribution is 2.18. The van der Waals surface area contributed by atoms with E-state index in [1.165, 1.54) is 7.11 Å². The molecule has 7 nitrogen and oxygen atoms in total. The second-order valence-corrected chi connectivity index (χ2v) is 4.77. The molecule has 7 heteroatoms. The van der Waals surface area contributed by atoms with E-state index in [1.807, 2.05) is 13.8 Å². The number of aromatic nitrogens is 1. The summed E-state index contributed by atoms with van der Waals surface area (Å²) >= 11 is 0. The minimum absolute atomic E-state index is 0.318. The fourth-order valence-corrected chi connectivity index (χ4v) is 1.82. The van der Waals surface area contributed by atoms with Crippen molar-refractivity contribution in [3.05, 3.63) is 46.8 Å². The maximum absolute atomic E-state index is 11.7. The van der Waals surface area contributed by atoms with Gasteiger partial charge in [0.05, 0.1) is 23.9 Å². The predicted molar refractivity (Wildman–Crippen MR) is 79.0 cm³/mol. The van der Waals surface area contributed by atoms with Gasteiger partial charge in [-0.15, -0.1) is 0 Å². The molecule has 2 rings (SSSR count). The van der Waals surface area contributed by atoms with Gasteiger partial charge in [-0.05, 0) is 38.1 Å². The molecule has 0 aliphatic carbocycles. The number of hydrogen-bond acceptors (Lipinski definition) is 7. The number of rotatable bonds is 6. The zero-order chi connectivity index (χ0) is 16.8. The molecule has 2 aromatic rings. The molecule has 0 aliphatic heterocycles. The van der Waals surface area contributed by atoms with E-state index >= 15 is 0 Å². The van der Waals surface area contributed by atoms with Crippen LogP contribution in [-0.4, -0.2) is 30.8 Å². The Balaban J connectivity index is 1.91. The summed E-state index contributed by atoms with van der Waals surface area (Å²) in [6.45, 7) is 3.57. The molecule has 0 bridgehead atoms. The second-order valence-electron chi connectivity index (χ2n) is 4.77. The number of hydrogen-bond donors (Lipinski definition) is 0. The van der Waals surface area contributed by atoms with E-state index in [9.17, 15) is 9.59 Å². The first-order valence-corrected chi connectivity index (χ1v) is 6.89. The first-order chi connectivity index (χ1) is 11.0. The Hall–Kier alpha value is -2.83. The minimum Gasteiger partial charge on any atom is -0.489 e. The van der Waals surface area contributed by atoms with Gasteiger partial charge in [-0.25, -0.2) is 9.59 Å². The number of carbonyl (C=O) groups excluding carboxylic acids is 2. The summed E-state index contributed by atoms with van der Waals surface area (Å²) in [5.41, 5.74) is 2.00. The van der Waals surface area contributed by atoms with Crippen LogP contribution in [0.25, 0.3) is 0 Å². The lowest BCUT2D eigenvalue weighted by molar-refractivity contribution is -0.144. The van der Waals surface area contributed by atoms with Gasteiger partial charge < -0.3 is 18.7 Å². The quantitative estimate of drug-likeness (QED) is 0.754.